The Balaban J connectivity index is 1.85. The van der Waals surface area contributed by atoms with Crippen molar-refractivity contribution in [3.05, 3.63) is 70.3 Å². The number of nitrogens with one attached hydrogen (secondary N) is 1. The average Bonchev–Trinajstić information content (AvgIpc) is 2.55. The zero-order chi connectivity index (χ0) is 16.4. The van der Waals surface area contributed by atoms with E-state index in [2.05, 4.69) is 9.97 Å². The minimum absolute atomic E-state index is 0.0649. The van der Waals surface area contributed by atoms with E-state index in [0.717, 1.165) is 0 Å². The van der Waals surface area contributed by atoms with Gasteiger partial charge in [-0.2, -0.15) is 0 Å². The lowest BCUT2D eigenvalue weighted by molar-refractivity contribution is 0.0320. The molecule has 6 nitrogen and oxygen atoms in total. The van der Waals surface area contributed by atoms with Crippen LogP contribution in [-0.2, 0) is 4.74 Å². The van der Waals surface area contributed by atoms with E-state index in [0.29, 0.717) is 16.5 Å². The summed E-state index contributed by atoms with van der Waals surface area (Å²) in [6.07, 6.45) is -0.714. The monoisotopic (exact) mass is 310 g/mol. The topological polar surface area (TPSA) is 92.3 Å². The fourth-order valence-electron chi connectivity index (χ4n) is 2.18. The third-order valence-corrected chi connectivity index (χ3v) is 3.40. The summed E-state index contributed by atoms with van der Waals surface area (Å²) in [4.78, 5) is 31.1. The molecule has 3 rings (SSSR count). The van der Waals surface area contributed by atoms with E-state index < -0.39 is 12.1 Å². The number of para-hydroxylation sites is 1. The van der Waals surface area contributed by atoms with Gasteiger partial charge in [-0.3, -0.25) is 4.79 Å². The molecule has 0 aliphatic heterocycles. The minimum atomic E-state index is -0.714. The van der Waals surface area contributed by atoms with Gasteiger partial charge in [0.1, 0.15) is 5.75 Å². The summed E-state index contributed by atoms with van der Waals surface area (Å²) in [5.41, 5.74) is 0.565. The second kappa shape index (κ2) is 5.92. The Morgan fingerprint density at radius 3 is 2.61 bits per heavy atom. The first kappa shape index (κ1) is 14.8. The molecule has 0 bridgehead atoms. The molecule has 0 fully saturated rings. The number of carbonyl (C=O) groups excluding carboxylic acids is 1. The van der Waals surface area contributed by atoms with E-state index in [1.54, 1.807) is 31.2 Å². The highest BCUT2D eigenvalue weighted by Crippen LogP contribution is 2.17. The van der Waals surface area contributed by atoms with Crippen LogP contribution in [0.2, 0.25) is 0 Å². The highest BCUT2D eigenvalue weighted by Gasteiger charge is 2.16. The molecule has 6 heteroatoms. The Bertz CT molecular complexity index is 916. The van der Waals surface area contributed by atoms with Crippen LogP contribution in [0.5, 0.6) is 5.75 Å². The maximum Gasteiger partial charge on any atom is 0.338 e. The normalized spacial score (nSPS) is 12.0. The van der Waals surface area contributed by atoms with E-state index in [-0.39, 0.29) is 17.1 Å². The van der Waals surface area contributed by atoms with Gasteiger partial charge in [0.15, 0.2) is 11.9 Å². The summed E-state index contributed by atoms with van der Waals surface area (Å²) in [5, 5.41) is 9.71. The van der Waals surface area contributed by atoms with Gasteiger partial charge >= 0.3 is 5.97 Å². The Hall–Kier alpha value is -3.15. The van der Waals surface area contributed by atoms with Crippen LogP contribution in [0.3, 0.4) is 0 Å². The van der Waals surface area contributed by atoms with Crippen LogP contribution in [0.15, 0.2) is 53.3 Å². The Kier molecular flexibility index (Phi) is 3.80. The number of carbonyl (C=O) groups is 1. The van der Waals surface area contributed by atoms with Crippen molar-refractivity contribution in [3.8, 4) is 5.75 Å². The van der Waals surface area contributed by atoms with E-state index in [4.69, 9.17) is 4.74 Å². The van der Waals surface area contributed by atoms with Crippen molar-refractivity contribution < 1.29 is 14.6 Å². The molecule has 116 valence electrons. The van der Waals surface area contributed by atoms with Crippen molar-refractivity contribution in [2.24, 2.45) is 0 Å². The molecule has 1 atom stereocenters. The molecule has 0 amide bonds. The Morgan fingerprint density at radius 1 is 1.17 bits per heavy atom. The van der Waals surface area contributed by atoms with Gasteiger partial charge in [-0.15, -0.1) is 0 Å². The number of phenolic OH excluding ortho intramolecular Hbond substituents is 1. The molecule has 2 aromatic carbocycles. The van der Waals surface area contributed by atoms with Gasteiger partial charge in [0, 0.05) is 0 Å². The number of fused-ring (bicyclic) bond motifs is 1. The standard InChI is InChI=1S/C17H14N2O4/c1-10(23-17(22)11-6-8-12(20)9-7-11)15-18-14-5-3-2-4-13(14)16(21)19-15/h2-10,20H,1H3,(H,18,19,21)/t10-/m0/s1. The molecule has 0 aliphatic carbocycles. The maximum absolute atomic E-state index is 12.1. The number of esters is 1. The van der Waals surface area contributed by atoms with Gasteiger partial charge < -0.3 is 14.8 Å². The number of nitrogens with zero attached hydrogens (tertiary/aromatic N) is 1. The number of aromatic hydroxyl groups is 1. The molecular formula is C17H14N2O4. The van der Waals surface area contributed by atoms with E-state index in [1.165, 1.54) is 24.3 Å². The van der Waals surface area contributed by atoms with E-state index >= 15 is 0 Å². The predicted molar refractivity (Wildman–Crippen MR) is 84.3 cm³/mol. The van der Waals surface area contributed by atoms with Crippen molar-refractivity contribution in [3.63, 3.8) is 0 Å². The molecule has 3 aromatic rings. The van der Waals surface area contributed by atoms with Crippen molar-refractivity contribution in [2.75, 3.05) is 0 Å². The molecule has 0 saturated carbocycles. The zero-order valence-electron chi connectivity index (χ0n) is 12.3. The summed E-state index contributed by atoms with van der Waals surface area (Å²) in [6, 6.07) is 12.7. The molecule has 0 saturated heterocycles. The van der Waals surface area contributed by atoms with Gasteiger partial charge in [-0.1, -0.05) is 12.1 Å². The number of H-pyrrole nitrogens is 1. The second-order valence-electron chi connectivity index (χ2n) is 5.06. The summed E-state index contributed by atoms with van der Waals surface area (Å²) < 4.78 is 5.31. The predicted octanol–water partition coefficient (Wildman–Crippen LogP) is 2.55. The molecule has 0 spiro atoms. The number of aromatic nitrogens is 2. The Morgan fingerprint density at radius 2 is 1.87 bits per heavy atom. The van der Waals surface area contributed by atoms with Crippen LogP contribution in [0, 0.1) is 0 Å². The Labute approximate surface area is 131 Å². The average molecular weight is 310 g/mol. The highest BCUT2D eigenvalue weighted by molar-refractivity contribution is 5.89. The van der Waals surface area contributed by atoms with E-state index in [9.17, 15) is 14.7 Å². The maximum atomic E-state index is 12.1. The van der Waals surface area contributed by atoms with Gasteiger partial charge in [-0.05, 0) is 43.3 Å². The van der Waals surface area contributed by atoms with Crippen LogP contribution in [0.1, 0.15) is 29.2 Å². The fraction of sp³-hybridized carbons (Fsp3) is 0.118. The van der Waals surface area contributed by atoms with Crippen molar-refractivity contribution in [1.82, 2.24) is 9.97 Å². The number of aromatic amines is 1. The lowest BCUT2D eigenvalue weighted by Gasteiger charge is -2.13. The quantitative estimate of drug-likeness (QED) is 0.725. The van der Waals surface area contributed by atoms with Crippen LogP contribution >= 0.6 is 0 Å². The highest BCUT2D eigenvalue weighted by atomic mass is 16.5. The largest absolute Gasteiger partial charge is 0.508 e. The summed E-state index contributed by atoms with van der Waals surface area (Å²) in [5.74, 6) is -0.218. The summed E-state index contributed by atoms with van der Waals surface area (Å²) >= 11 is 0. The molecule has 23 heavy (non-hydrogen) atoms. The summed E-state index contributed by atoms with van der Waals surface area (Å²) in [7, 11) is 0. The zero-order valence-corrected chi connectivity index (χ0v) is 12.3. The number of phenols is 1. The lowest BCUT2D eigenvalue weighted by Crippen LogP contribution is -2.17. The molecule has 0 radical (unpaired) electrons. The fourth-order valence-corrected chi connectivity index (χ4v) is 2.18. The SMILES string of the molecule is C[C@H](OC(=O)c1ccc(O)cc1)c1nc2ccccc2c(=O)[nH]1. The first-order valence-corrected chi connectivity index (χ1v) is 7.03. The molecule has 0 unspecified atom stereocenters. The number of hydrogen-bond acceptors (Lipinski definition) is 5. The third kappa shape index (κ3) is 3.06. The number of hydrogen-bond donors (Lipinski definition) is 2. The second-order valence-corrected chi connectivity index (χ2v) is 5.06. The van der Waals surface area contributed by atoms with Gasteiger partial charge in [0.25, 0.3) is 5.56 Å². The molecule has 0 aliphatic rings. The first-order valence-electron chi connectivity index (χ1n) is 7.03. The number of rotatable bonds is 3. The first-order chi connectivity index (χ1) is 11.0. The lowest BCUT2D eigenvalue weighted by atomic mass is 10.2. The van der Waals surface area contributed by atoms with Crippen LogP contribution < -0.4 is 5.56 Å². The van der Waals surface area contributed by atoms with Gasteiger partial charge in [-0.25, -0.2) is 9.78 Å². The van der Waals surface area contributed by atoms with Crippen LogP contribution in [0.4, 0.5) is 0 Å². The smallest absolute Gasteiger partial charge is 0.338 e. The van der Waals surface area contributed by atoms with E-state index in [1.807, 2.05) is 0 Å². The molecule has 1 heterocycles. The molecular weight excluding hydrogens is 296 g/mol. The molecule has 1 aromatic heterocycles. The van der Waals surface area contributed by atoms with Crippen LogP contribution in [0.25, 0.3) is 10.9 Å². The van der Waals surface area contributed by atoms with Crippen molar-refractivity contribution >= 4 is 16.9 Å². The minimum Gasteiger partial charge on any atom is -0.508 e. The van der Waals surface area contributed by atoms with Gasteiger partial charge in [0.05, 0.1) is 16.5 Å². The number of ether oxygens (including phenoxy) is 1. The molecule has 2 N–H and O–H groups in total. The van der Waals surface area contributed by atoms with Crippen LogP contribution in [-0.4, -0.2) is 21.0 Å². The van der Waals surface area contributed by atoms with Crippen molar-refractivity contribution in [2.45, 2.75) is 13.0 Å². The van der Waals surface area contributed by atoms with Gasteiger partial charge in [0.2, 0.25) is 0 Å². The van der Waals surface area contributed by atoms with Crippen molar-refractivity contribution in [1.29, 1.82) is 0 Å². The number of benzene rings is 2. The third-order valence-electron chi connectivity index (χ3n) is 3.40. The summed E-state index contributed by atoms with van der Waals surface area (Å²) in [6.45, 7) is 1.63.